The zero-order chi connectivity index (χ0) is 26.8. The van der Waals surface area contributed by atoms with Gasteiger partial charge in [-0.05, 0) is 17.7 Å². The molecule has 1 fully saturated rings. The van der Waals surface area contributed by atoms with Crippen LogP contribution in [0.2, 0.25) is 0 Å². The van der Waals surface area contributed by atoms with Crippen molar-refractivity contribution in [2.45, 2.75) is 12.3 Å². The van der Waals surface area contributed by atoms with Gasteiger partial charge in [-0.1, -0.05) is 42.5 Å². The van der Waals surface area contributed by atoms with Gasteiger partial charge in [0.25, 0.3) is 0 Å². The van der Waals surface area contributed by atoms with Gasteiger partial charge in [0, 0.05) is 48.7 Å². The van der Waals surface area contributed by atoms with Crippen LogP contribution in [0.25, 0.3) is 22.3 Å². The molecule has 3 aromatic carbocycles. The smallest absolute Gasteiger partial charge is 0.335 e. The van der Waals surface area contributed by atoms with E-state index in [0.717, 1.165) is 6.07 Å². The van der Waals surface area contributed by atoms with Crippen molar-refractivity contribution in [2.75, 3.05) is 26.3 Å². The molecule has 9 heteroatoms. The van der Waals surface area contributed by atoms with Gasteiger partial charge in [-0.25, -0.2) is 4.79 Å². The molecule has 5 rings (SSSR count). The third kappa shape index (κ3) is 4.83. The average Bonchev–Trinajstić information content (AvgIpc) is 2.93. The van der Waals surface area contributed by atoms with Crippen LogP contribution in [-0.2, 0) is 9.53 Å². The zero-order valence-electron chi connectivity index (χ0n) is 20.3. The number of aromatic carboxylic acids is 1. The number of aromatic hydroxyl groups is 2. The Labute approximate surface area is 217 Å². The first-order chi connectivity index (χ1) is 18.3. The van der Waals surface area contributed by atoms with E-state index in [9.17, 15) is 29.7 Å². The number of carbonyl (C=O) groups excluding carboxylic acids is 1. The topological polar surface area (TPSA) is 138 Å². The summed E-state index contributed by atoms with van der Waals surface area (Å²) in [5.41, 5.74) is 0.806. The molecule has 1 atom stereocenters. The van der Waals surface area contributed by atoms with E-state index in [1.165, 1.54) is 18.2 Å². The molecule has 1 unspecified atom stereocenters. The second-order valence-corrected chi connectivity index (χ2v) is 9.05. The highest BCUT2D eigenvalue weighted by Crippen LogP contribution is 2.43. The highest BCUT2D eigenvalue weighted by molar-refractivity contribution is 5.91. The number of phenols is 2. The van der Waals surface area contributed by atoms with E-state index in [2.05, 4.69) is 0 Å². The maximum atomic E-state index is 13.4. The monoisotopic (exact) mass is 515 g/mol. The van der Waals surface area contributed by atoms with Gasteiger partial charge in [0.05, 0.1) is 18.8 Å². The lowest BCUT2D eigenvalue weighted by atomic mass is 9.85. The third-order valence-corrected chi connectivity index (χ3v) is 6.71. The number of carboxylic acid groups (broad SMARTS) is 1. The molecular formula is C29H25NO8. The summed E-state index contributed by atoms with van der Waals surface area (Å²) in [6.07, 6.45) is -0.0981. The molecule has 2 heterocycles. The normalized spacial score (nSPS) is 14.4. The molecule has 0 saturated carbocycles. The lowest BCUT2D eigenvalue weighted by Gasteiger charge is -2.29. The minimum atomic E-state index is -1.10. The van der Waals surface area contributed by atoms with Crippen molar-refractivity contribution in [3.05, 3.63) is 93.6 Å². The number of rotatable bonds is 6. The van der Waals surface area contributed by atoms with Crippen LogP contribution in [0.15, 0.2) is 75.9 Å². The van der Waals surface area contributed by atoms with E-state index in [0.29, 0.717) is 37.4 Å². The summed E-state index contributed by atoms with van der Waals surface area (Å²) < 4.78 is 11.5. The number of hydrogen-bond donors (Lipinski definition) is 3. The van der Waals surface area contributed by atoms with Crippen LogP contribution in [0.5, 0.6) is 11.5 Å². The minimum Gasteiger partial charge on any atom is -0.507 e. The van der Waals surface area contributed by atoms with Crippen LogP contribution in [0.1, 0.15) is 33.8 Å². The molecule has 1 aromatic heterocycles. The van der Waals surface area contributed by atoms with Crippen molar-refractivity contribution in [3.8, 4) is 22.8 Å². The van der Waals surface area contributed by atoms with Gasteiger partial charge < -0.3 is 29.4 Å². The first-order valence-electron chi connectivity index (χ1n) is 12.1. The maximum Gasteiger partial charge on any atom is 0.335 e. The fraction of sp³-hybridized carbons (Fsp3) is 0.207. The second-order valence-electron chi connectivity index (χ2n) is 9.05. The standard InChI is InChI=1S/C29H25NO8/c31-21-15-22(32)27-23(33)16-24(18-4-2-1-3-5-18)38-28(27)26(21)20(14-25(34)30-10-12-37-13-11-30)17-6-8-19(9-7-17)29(35)36/h1-9,15-16,20,31-32H,10-14H2,(H,35,36). The van der Waals surface area contributed by atoms with Gasteiger partial charge in [0.15, 0.2) is 5.43 Å². The molecule has 3 N–H and O–H groups in total. The largest absolute Gasteiger partial charge is 0.507 e. The second kappa shape index (κ2) is 10.4. The van der Waals surface area contributed by atoms with Crippen LogP contribution in [0.3, 0.4) is 0 Å². The Kier molecular flexibility index (Phi) is 6.85. The van der Waals surface area contributed by atoms with Crippen molar-refractivity contribution in [3.63, 3.8) is 0 Å². The Morgan fingerprint density at radius 2 is 1.61 bits per heavy atom. The summed E-state index contributed by atoms with van der Waals surface area (Å²) in [6.45, 7) is 1.65. The Morgan fingerprint density at radius 1 is 0.921 bits per heavy atom. The summed E-state index contributed by atoms with van der Waals surface area (Å²) in [7, 11) is 0. The summed E-state index contributed by atoms with van der Waals surface area (Å²) in [5.74, 6) is -2.70. The number of carbonyl (C=O) groups is 2. The Morgan fingerprint density at radius 3 is 2.26 bits per heavy atom. The van der Waals surface area contributed by atoms with Crippen molar-refractivity contribution in [1.29, 1.82) is 0 Å². The number of morpholine rings is 1. The van der Waals surface area contributed by atoms with Gasteiger partial charge in [-0.3, -0.25) is 9.59 Å². The highest BCUT2D eigenvalue weighted by atomic mass is 16.5. The number of hydrogen-bond acceptors (Lipinski definition) is 7. The summed E-state index contributed by atoms with van der Waals surface area (Å²) in [5, 5.41) is 30.9. The first kappa shape index (κ1) is 25.0. The molecule has 1 saturated heterocycles. The molecule has 38 heavy (non-hydrogen) atoms. The van der Waals surface area contributed by atoms with E-state index in [-0.39, 0.29) is 45.9 Å². The maximum absolute atomic E-state index is 13.4. The van der Waals surface area contributed by atoms with Crippen molar-refractivity contribution in [1.82, 2.24) is 4.90 Å². The molecule has 1 aliphatic rings. The number of amides is 1. The minimum absolute atomic E-state index is 0.0454. The molecule has 0 radical (unpaired) electrons. The van der Waals surface area contributed by atoms with Gasteiger partial charge in [0.2, 0.25) is 5.91 Å². The lowest BCUT2D eigenvalue weighted by molar-refractivity contribution is -0.135. The van der Waals surface area contributed by atoms with Gasteiger partial charge >= 0.3 is 5.97 Å². The summed E-state index contributed by atoms with van der Waals surface area (Å²) in [6, 6.07) is 17.2. The Hall–Kier alpha value is -4.63. The Bertz CT molecular complexity index is 1550. The van der Waals surface area contributed by atoms with E-state index >= 15 is 0 Å². The van der Waals surface area contributed by atoms with Gasteiger partial charge in [0.1, 0.15) is 28.2 Å². The van der Waals surface area contributed by atoms with Crippen LogP contribution < -0.4 is 5.43 Å². The number of carboxylic acids is 1. The fourth-order valence-electron chi connectivity index (χ4n) is 4.76. The third-order valence-electron chi connectivity index (χ3n) is 6.71. The number of ether oxygens (including phenoxy) is 1. The van der Waals surface area contributed by atoms with Crippen molar-refractivity contribution < 1.29 is 34.1 Å². The lowest BCUT2D eigenvalue weighted by Crippen LogP contribution is -2.41. The van der Waals surface area contributed by atoms with Crippen LogP contribution >= 0.6 is 0 Å². The molecule has 0 bridgehead atoms. The van der Waals surface area contributed by atoms with Crippen LogP contribution in [0, 0.1) is 0 Å². The molecule has 194 valence electrons. The predicted octanol–water partition coefficient (Wildman–Crippen LogP) is 3.95. The summed E-state index contributed by atoms with van der Waals surface area (Å²) in [4.78, 5) is 39.6. The van der Waals surface area contributed by atoms with Gasteiger partial charge in [-0.15, -0.1) is 0 Å². The molecular weight excluding hydrogens is 490 g/mol. The van der Waals surface area contributed by atoms with Crippen molar-refractivity contribution >= 4 is 22.8 Å². The molecule has 0 spiro atoms. The fourth-order valence-corrected chi connectivity index (χ4v) is 4.76. The molecule has 0 aliphatic carbocycles. The SMILES string of the molecule is O=C(O)c1ccc(C(CC(=O)N2CCOCC2)c2c(O)cc(O)c3c(=O)cc(-c4ccccc4)oc23)cc1. The molecule has 4 aromatic rings. The van der Waals surface area contributed by atoms with Crippen LogP contribution in [0.4, 0.5) is 0 Å². The predicted molar refractivity (Wildman–Crippen MR) is 139 cm³/mol. The van der Waals surface area contributed by atoms with Crippen molar-refractivity contribution in [2.24, 2.45) is 0 Å². The Balaban J connectivity index is 1.71. The number of phenolic OH excluding ortho intramolecular Hbond substituents is 2. The first-order valence-corrected chi connectivity index (χ1v) is 12.1. The molecule has 9 nitrogen and oxygen atoms in total. The molecule has 1 amide bonds. The average molecular weight is 516 g/mol. The summed E-state index contributed by atoms with van der Waals surface area (Å²) >= 11 is 0. The van der Waals surface area contributed by atoms with E-state index in [1.807, 2.05) is 6.07 Å². The quantitative estimate of drug-likeness (QED) is 0.351. The van der Waals surface area contributed by atoms with E-state index in [4.69, 9.17) is 9.15 Å². The van der Waals surface area contributed by atoms with Gasteiger partial charge in [-0.2, -0.15) is 0 Å². The van der Waals surface area contributed by atoms with E-state index < -0.39 is 23.1 Å². The van der Waals surface area contributed by atoms with Crippen LogP contribution in [-0.4, -0.2) is 58.4 Å². The zero-order valence-corrected chi connectivity index (χ0v) is 20.3. The molecule has 1 aliphatic heterocycles. The highest BCUT2D eigenvalue weighted by Gasteiger charge is 2.30. The van der Waals surface area contributed by atoms with E-state index in [1.54, 1.807) is 41.3 Å². The number of fused-ring (bicyclic) bond motifs is 1. The number of benzene rings is 3. The number of nitrogens with zero attached hydrogens (tertiary/aromatic N) is 1.